The molecule has 2 aromatic heterocycles. The van der Waals surface area contributed by atoms with Crippen LogP contribution in [0.2, 0.25) is 0 Å². The zero-order chi connectivity index (χ0) is 22.6. The van der Waals surface area contributed by atoms with E-state index >= 15 is 0 Å². The Hall–Kier alpha value is -4.71. The second-order valence-electron chi connectivity index (χ2n) is 7.46. The Morgan fingerprint density at radius 2 is 1.36 bits per heavy atom. The molecule has 6 nitrogen and oxygen atoms in total. The van der Waals surface area contributed by atoms with Gasteiger partial charge in [-0.2, -0.15) is 0 Å². The van der Waals surface area contributed by atoms with Gasteiger partial charge in [-0.05, 0) is 42.5 Å². The Morgan fingerprint density at radius 3 is 2.03 bits per heavy atom. The van der Waals surface area contributed by atoms with Gasteiger partial charge in [-0.25, -0.2) is 0 Å². The number of nitrogens with one attached hydrogen (secondary N) is 2. The summed E-state index contributed by atoms with van der Waals surface area (Å²) in [5, 5.41) is 6.61. The number of carbonyl (C=O) groups is 1. The molecule has 33 heavy (non-hydrogen) atoms. The van der Waals surface area contributed by atoms with Gasteiger partial charge in [0.2, 0.25) is 0 Å². The molecule has 0 saturated carbocycles. The molecule has 0 unspecified atom stereocenters. The summed E-state index contributed by atoms with van der Waals surface area (Å²) in [7, 11) is 0. The quantitative estimate of drug-likeness (QED) is 0.391. The van der Waals surface area contributed by atoms with Crippen LogP contribution in [0.5, 0.6) is 0 Å². The zero-order valence-corrected chi connectivity index (χ0v) is 17.6. The Balaban J connectivity index is 1.67. The van der Waals surface area contributed by atoms with Gasteiger partial charge in [0.15, 0.2) is 5.43 Å². The van der Waals surface area contributed by atoms with Crippen molar-refractivity contribution in [3.05, 3.63) is 125 Å². The topological polar surface area (TPSA) is 76.0 Å². The molecule has 0 spiro atoms. The van der Waals surface area contributed by atoms with E-state index in [9.17, 15) is 9.59 Å². The second kappa shape index (κ2) is 8.80. The van der Waals surface area contributed by atoms with Gasteiger partial charge in [-0.1, -0.05) is 54.6 Å². The molecule has 3 aromatic carbocycles. The van der Waals surface area contributed by atoms with E-state index in [4.69, 9.17) is 0 Å². The number of anilines is 3. The van der Waals surface area contributed by atoms with Crippen LogP contribution in [-0.2, 0) is 0 Å². The number of aromatic nitrogens is 2. The highest BCUT2D eigenvalue weighted by Crippen LogP contribution is 2.25. The lowest BCUT2D eigenvalue weighted by Gasteiger charge is -2.18. The van der Waals surface area contributed by atoms with Crippen molar-refractivity contribution in [3.8, 4) is 5.69 Å². The first-order valence-electron chi connectivity index (χ1n) is 10.5. The summed E-state index contributed by atoms with van der Waals surface area (Å²) >= 11 is 0. The molecule has 0 aliphatic rings. The van der Waals surface area contributed by atoms with Gasteiger partial charge >= 0.3 is 0 Å². The summed E-state index contributed by atoms with van der Waals surface area (Å²) in [5.74, 6) is 0.238. The van der Waals surface area contributed by atoms with E-state index in [-0.39, 0.29) is 17.0 Å². The Kier molecular flexibility index (Phi) is 5.39. The molecule has 2 N–H and O–H groups in total. The molecule has 0 saturated heterocycles. The first kappa shape index (κ1) is 20.2. The van der Waals surface area contributed by atoms with Gasteiger partial charge in [-0.3, -0.25) is 19.1 Å². The minimum absolute atomic E-state index is 0.182. The maximum atomic E-state index is 13.0. The SMILES string of the molecule is O=C(Nc1ccccc1)c1cc2c(cn1)c(=O)cc(Nc1ccccc1)n2-c1ccccc1. The third kappa shape index (κ3) is 4.22. The van der Waals surface area contributed by atoms with E-state index in [2.05, 4.69) is 15.6 Å². The first-order valence-corrected chi connectivity index (χ1v) is 10.5. The van der Waals surface area contributed by atoms with Crippen LogP contribution in [0.1, 0.15) is 10.5 Å². The van der Waals surface area contributed by atoms with Crippen molar-refractivity contribution >= 4 is 34.0 Å². The lowest BCUT2D eigenvalue weighted by Crippen LogP contribution is -2.17. The molecule has 0 bridgehead atoms. The summed E-state index contributed by atoms with van der Waals surface area (Å²) in [6.45, 7) is 0. The van der Waals surface area contributed by atoms with Crippen LogP contribution in [0.4, 0.5) is 17.2 Å². The number of amides is 1. The summed E-state index contributed by atoms with van der Waals surface area (Å²) in [6.07, 6.45) is 1.46. The van der Waals surface area contributed by atoms with Crippen molar-refractivity contribution < 1.29 is 4.79 Å². The van der Waals surface area contributed by atoms with Gasteiger partial charge in [0.25, 0.3) is 5.91 Å². The standard InChI is InChI=1S/C27H20N4O2/c32-25-17-26(29-19-10-4-1-5-11-19)31(21-14-8-3-9-15-21)24-16-23(28-18-22(24)25)27(33)30-20-12-6-2-7-13-20/h1-18,29H,(H,30,33). The van der Waals surface area contributed by atoms with Crippen molar-refractivity contribution in [3.63, 3.8) is 0 Å². The van der Waals surface area contributed by atoms with E-state index in [1.807, 2.05) is 83.4 Å². The molecule has 0 aliphatic heterocycles. The third-order valence-corrected chi connectivity index (χ3v) is 5.22. The van der Waals surface area contributed by atoms with E-state index in [0.717, 1.165) is 11.4 Å². The van der Waals surface area contributed by atoms with Crippen LogP contribution in [0, 0.1) is 0 Å². The molecule has 6 heteroatoms. The van der Waals surface area contributed by atoms with Crippen LogP contribution in [-0.4, -0.2) is 15.5 Å². The summed E-state index contributed by atoms with van der Waals surface area (Å²) in [6, 6.07) is 31.7. The monoisotopic (exact) mass is 432 g/mol. The number of benzene rings is 3. The highest BCUT2D eigenvalue weighted by atomic mass is 16.1. The van der Waals surface area contributed by atoms with Crippen molar-refractivity contribution in [1.82, 2.24) is 9.55 Å². The summed E-state index contributed by atoms with van der Waals surface area (Å²) in [5.41, 5.74) is 2.98. The number of pyridine rings is 2. The average Bonchev–Trinajstić information content (AvgIpc) is 2.86. The number of para-hydroxylation sites is 3. The fourth-order valence-corrected chi connectivity index (χ4v) is 3.67. The van der Waals surface area contributed by atoms with E-state index in [0.29, 0.717) is 22.4 Å². The number of rotatable bonds is 5. The minimum Gasteiger partial charge on any atom is -0.341 e. The number of nitrogens with zero attached hydrogens (tertiary/aromatic N) is 2. The lowest BCUT2D eigenvalue weighted by molar-refractivity contribution is 0.102. The normalized spacial score (nSPS) is 10.7. The predicted molar refractivity (Wildman–Crippen MR) is 131 cm³/mol. The van der Waals surface area contributed by atoms with Gasteiger partial charge < -0.3 is 10.6 Å². The van der Waals surface area contributed by atoms with Crippen molar-refractivity contribution in [2.24, 2.45) is 0 Å². The molecule has 0 atom stereocenters. The van der Waals surface area contributed by atoms with Crippen LogP contribution >= 0.6 is 0 Å². The fraction of sp³-hybridized carbons (Fsp3) is 0. The highest BCUT2D eigenvalue weighted by Gasteiger charge is 2.15. The second-order valence-corrected chi connectivity index (χ2v) is 7.46. The number of fused-ring (bicyclic) bond motifs is 1. The molecule has 160 valence electrons. The van der Waals surface area contributed by atoms with E-state index in [1.165, 1.54) is 6.20 Å². The molecule has 0 radical (unpaired) electrons. The van der Waals surface area contributed by atoms with Crippen LogP contribution in [0.3, 0.4) is 0 Å². The molecule has 1 amide bonds. The molecule has 0 aliphatic carbocycles. The number of hydrogen-bond donors (Lipinski definition) is 2. The molecular weight excluding hydrogens is 412 g/mol. The van der Waals surface area contributed by atoms with Gasteiger partial charge in [0.1, 0.15) is 11.5 Å². The molecular formula is C27H20N4O2. The fourth-order valence-electron chi connectivity index (χ4n) is 3.67. The number of hydrogen-bond acceptors (Lipinski definition) is 4. The van der Waals surface area contributed by atoms with E-state index in [1.54, 1.807) is 24.3 Å². The average molecular weight is 432 g/mol. The third-order valence-electron chi connectivity index (χ3n) is 5.22. The van der Waals surface area contributed by atoms with Crippen LogP contribution < -0.4 is 16.1 Å². The molecule has 5 aromatic rings. The lowest BCUT2D eigenvalue weighted by atomic mass is 10.2. The molecule has 0 fully saturated rings. The Bertz CT molecular complexity index is 1480. The van der Waals surface area contributed by atoms with E-state index < -0.39 is 0 Å². The smallest absolute Gasteiger partial charge is 0.274 e. The molecule has 2 heterocycles. The Labute approximate surface area is 190 Å². The Morgan fingerprint density at radius 1 is 0.758 bits per heavy atom. The molecule has 5 rings (SSSR count). The van der Waals surface area contributed by atoms with Gasteiger partial charge in [0.05, 0.1) is 10.9 Å². The van der Waals surface area contributed by atoms with Crippen LogP contribution in [0.15, 0.2) is 114 Å². The summed E-state index contributed by atoms with van der Waals surface area (Å²) in [4.78, 5) is 30.1. The maximum Gasteiger partial charge on any atom is 0.274 e. The van der Waals surface area contributed by atoms with Crippen LogP contribution in [0.25, 0.3) is 16.6 Å². The van der Waals surface area contributed by atoms with Gasteiger partial charge in [0, 0.05) is 29.3 Å². The van der Waals surface area contributed by atoms with Gasteiger partial charge in [-0.15, -0.1) is 0 Å². The predicted octanol–water partition coefficient (Wildman–Crippen LogP) is 5.38. The highest BCUT2D eigenvalue weighted by molar-refractivity contribution is 6.04. The maximum absolute atomic E-state index is 13.0. The van der Waals surface area contributed by atoms with Crippen molar-refractivity contribution in [2.75, 3.05) is 10.6 Å². The largest absolute Gasteiger partial charge is 0.341 e. The van der Waals surface area contributed by atoms with Crippen molar-refractivity contribution in [2.45, 2.75) is 0 Å². The minimum atomic E-state index is -0.350. The zero-order valence-electron chi connectivity index (χ0n) is 17.6. The van der Waals surface area contributed by atoms with Crippen molar-refractivity contribution in [1.29, 1.82) is 0 Å². The summed E-state index contributed by atoms with van der Waals surface area (Å²) < 4.78 is 1.92. The first-order chi connectivity index (χ1) is 16.2. The number of carbonyl (C=O) groups excluding carboxylic acids is 1.